The highest BCUT2D eigenvalue weighted by Gasteiger charge is 2.22. The third-order valence-corrected chi connectivity index (χ3v) is 3.47. The second-order valence-corrected chi connectivity index (χ2v) is 4.72. The van der Waals surface area contributed by atoms with Crippen LogP contribution < -0.4 is 5.32 Å². The lowest BCUT2D eigenvalue weighted by Crippen LogP contribution is -2.28. The highest BCUT2D eigenvalue weighted by atomic mass is 32.2. The first-order valence-corrected chi connectivity index (χ1v) is 6.48. The van der Waals surface area contributed by atoms with E-state index in [-0.39, 0.29) is 0 Å². The summed E-state index contributed by atoms with van der Waals surface area (Å²) in [7, 11) is 0. The minimum absolute atomic E-state index is 0.835. The van der Waals surface area contributed by atoms with Crippen molar-refractivity contribution in [2.24, 2.45) is 5.92 Å². The molecule has 1 saturated carbocycles. The summed E-state index contributed by atoms with van der Waals surface area (Å²) in [4.78, 5) is 0. The Labute approximate surface area is 80.7 Å². The van der Waals surface area contributed by atoms with Gasteiger partial charge in [0.25, 0.3) is 0 Å². The molecule has 2 unspecified atom stereocenters. The highest BCUT2D eigenvalue weighted by molar-refractivity contribution is 7.98. The van der Waals surface area contributed by atoms with Gasteiger partial charge in [0.15, 0.2) is 0 Å². The summed E-state index contributed by atoms with van der Waals surface area (Å²) in [5.74, 6) is 2.27. The topological polar surface area (TPSA) is 12.0 Å². The molecule has 72 valence electrons. The molecule has 12 heavy (non-hydrogen) atoms. The van der Waals surface area contributed by atoms with Crippen molar-refractivity contribution in [3.05, 3.63) is 0 Å². The molecule has 0 amide bonds. The fourth-order valence-corrected chi connectivity index (χ4v) is 2.32. The third-order valence-electron chi connectivity index (χ3n) is 2.86. The number of thioether (sulfide) groups is 1. The van der Waals surface area contributed by atoms with E-state index in [0.717, 1.165) is 12.0 Å². The van der Waals surface area contributed by atoms with Gasteiger partial charge in [0, 0.05) is 18.3 Å². The molecule has 0 saturated heterocycles. The van der Waals surface area contributed by atoms with Crippen molar-refractivity contribution in [3.63, 3.8) is 0 Å². The van der Waals surface area contributed by atoms with E-state index in [1.54, 1.807) is 0 Å². The van der Waals surface area contributed by atoms with Crippen molar-refractivity contribution in [1.82, 2.24) is 5.32 Å². The maximum Gasteiger partial charge on any atom is 0.00701 e. The van der Waals surface area contributed by atoms with Gasteiger partial charge in [-0.15, -0.1) is 0 Å². The molecule has 0 bridgehead atoms. The van der Waals surface area contributed by atoms with E-state index in [1.807, 2.05) is 11.8 Å². The van der Waals surface area contributed by atoms with Crippen LogP contribution in [0.3, 0.4) is 0 Å². The molecule has 1 fully saturated rings. The van der Waals surface area contributed by atoms with Crippen LogP contribution in [0.5, 0.6) is 0 Å². The summed E-state index contributed by atoms with van der Waals surface area (Å²) < 4.78 is 0. The van der Waals surface area contributed by atoms with Gasteiger partial charge in [-0.2, -0.15) is 11.8 Å². The number of nitrogens with one attached hydrogen (secondary N) is 1. The molecule has 0 spiro atoms. The Balaban J connectivity index is 2.03. The van der Waals surface area contributed by atoms with Crippen LogP contribution in [-0.4, -0.2) is 24.6 Å². The van der Waals surface area contributed by atoms with Crippen molar-refractivity contribution in [3.8, 4) is 0 Å². The van der Waals surface area contributed by atoms with Gasteiger partial charge in [-0.1, -0.05) is 13.3 Å². The molecule has 0 aliphatic heterocycles. The van der Waals surface area contributed by atoms with Crippen LogP contribution in [-0.2, 0) is 0 Å². The minimum atomic E-state index is 0.835. The molecule has 0 radical (unpaired) electrons. The predicted octanol–water partition coefficient (Wildman–Crippen LogP) is 2.52. The van der Waals surface area contributed by atoms with Gasteiger partial charge in [0.05, 0.1) is 0 Å². The molecule has 0 aromatic rings. The fraction of sp³-hybridized carbons (Fsp3) is 1.00. The van der Waals surface area contributed by atoms with Crippen molar-refractivity contribution in [2.45, 2.75) is 38.6 Å². The summed E-state index contributed by atoms with van der Waals surface area (Å²) >= 11 is 1.93. The smallest absolute Gasteiger partial charge is 0.00701 e. The Hall–Kier alpha value is 0.310. The zero-order valence-corrected chi connectivity index (χ0v) is 9.12. The summed E-state index contributed by atoms with van der Waals surface area (Å²) in [6, 6.07) is 0.835. The van der Waals surface area contributed by atoms with Gasteiger partial charge >= 0.3 is 0 Å². The molecule has 1 aliphatic carbocycles. The molecule has 1 rings (SSSR count). The third kappa shape index (κ3) is 3.36. The molecule has 1 aliphatic rings. The van der Waals surface area contributed by atoms with E-state index in [9.17, 15) is 0 Å². The summed E-state index contributed by atoms with van der Waals surface area (Å²) in [6.45, 7) is 3.51. The van der Waals surface area contributed by atoms with Gasteiger partial charge in [0.1, 0.15) is 0 Å². The summed E-state index contributed by atoms with van der Waals surface area (Å²) in [5, 5.41) is 3.63. The lowest BCUT2D eigenvalue weighted by Gasteiger charge is -2.11. The van der Waals surface area contributed by atoms with Crippen LogP contribution >= 0.6 is 11.8 Å². The fourth-order valence-electron chi connectivity index (χ4n) is 2.00. The van der Waals surface area contributed by atoms with Gasteiger partial charge < -0.3 is 5.32 Å². The Morgan fingerprint density at radius 2 is 2.25 bits per heavy atom. The maximum atomic E-state index is 3.63. The molecule has 0 heterocycles. The van der Waals surface area contributed by atoms with Crippen LogP contribution in [0.2, 0.25) is 0 Å². The molecule has 1 nitrogen and oxygen atoms in total. The van der Waals surface area contributed by atoms with E-state index in [0.29, 0.717) is 0 Å². The standard InChI is InChI=1S/C10H21NS/c1-3-9-4-5-10(8-9)11-6-7-12-2/h9-11H,3-8H2,1-2H3. The monoisotopic (exact) mass is 187 g/mol. The molecular formula is C10H21NS. The Bertz CT molecular complexity index is 116. The number of rotatable bonds is 5. The zero-order valence-electron chi connectivity index (χ0n) is 8.31. The molecule has 2 heteroatoms. The largest absolute Gasteiger partial charge is 0.313 e. The highest BCUT2D eigenvalue weighted by Crippen LogP contribution is 2.27. The summed E-state index contributed by atoms with van der Waals surface area (Å²) in [5.41, 5.74) is 0. The minimum Gasteiger partial charge on any atom is -0.313 e. The van der Waals surface area contributed by atoms with Crippen LogP contribution in [0.4, 0.5) is 0 Å². The average molecular weight is 187 g/mol. The van der Waals surface area contributed by atoms with Crippen molar-refractivity contribution < 1.29 is 0 Å². The average Bonchev–Trinajstić information content (AvgIpc) is 2.53. The van der Waals surface area contributed by atoms with E-state index in [2.05, 4.69) is 18.5 Å². The van der Waals surface area contributed by atoms with Crippen LogP contribution in [0.25, 0.3) is 0 Å². The first-order chi connectivity index (χ1) is 5.86. The molecular weight excluding hydrogens is 166 g/mol. The predicted molar refractivity (Wildman–Crippen MR) is 57.8 cm³/mol. The lowest BCUT2D eigenvalue weighted by molar-refractivity contribution is 0.486. The van der Waals surface area contributed by atoms with Crippen molar-refractivity contribution >= 4 is 11.8 Å². The normalized spacial score (nSPS) is 29.5. The van der Waals surface area contributed by atoms with E-state index >= 15 is 0 Å². The second-order valence-electron chi connectivity index (χ2n) is 3.73. The van der Waals surface area contributed by atoms with Gasteiger partial charge in [0.2, 0.25) is 0 Å². The van der Waals surface area contributed by atoms with Gasteiger partial charge in [-0.25, -0.2) is 0 Å². The van der Waals surface area contributed by atoms with E-state index in [4.69, 9.17) is 0 Å². The van der Waals surface area contributed by atoms with Crippen molar-refractivity contribution in [1.29, 1.82) is 0 Å². The zero-order chi connectivity index (χ0) is 8.81. The Morgan fingerprint density at radius 1 is 1.42 bits per heavy atom. The first kappa shape index (κ1) is 10.4. The van der Waals surface area contributed by atoms with E-state index < -0.39 is 0 Å². The Kier molecular flexibility index (Phi) is 5.08. The van der Waals surface area contributed by atoms with Crippen LogP contribution in [0.1, 0.15) is 32.6 Å². The second kappa shape index (κ2) is 5.87. The van der Waals surface area contributed by atoms with Gasteiger partial charge in [-0.05, 0) is 31.4 Å². The number of hydrogen-bond acceptors (Lipinski definition) is 2. The Morgan fingerprint density at radius 3 is 2.83 bits per heavy atom. The molecule has 0 aromatic heterocycles. The quantitative estimate of drug-likeness (QED) is 0.664. The van der Waals surface area contributed by atoms with Crippen molar-refractivity contribution in [2.75, 3.05) is 18.6 Å². The molecule has 2 atom stereocenters. The van der Waals surface area contributed by atoms with Gasteiger partial charge in [-0.3, -0.25) is 0 Å². The van der Waals surface area contributed by atoms with E-state index in [1.165, 1.54) is 38.0 Å². The number of hydrogen-bond donors (Lipinski definition) is 1. The SMILES string of the molecule is CCC1CCC(NCCSC)C1. The molecule has 0 aromatic carbocycles. The maximum absolute atomic E-state index is 3.63. The molecule has 1 N–H and O–H groups in total. The summed E-state index contributed by atoms with van der Waals surface area (Å²) in [6.07, 6.45) is 7.83. The van der Waals surface area contributed by atoms with Crippen LogP contribution in [0.15, 0.2) is 0 Å². The van der Waals surface area contributed by atoms with Crippen LogP contribution in [0, 0.1) is 5.92 Å². The lowest BCUT2D eigenvalue weighted by atomic mass is 10.1. The first-order valence-electron chi connectivity index (χ1n) is 5.09.